The Labute approximate surface area is 178 Å². The maximum atomic E-state index is 14.6. The van der Waals surface area contributed by atoms with E-state index in [0.29, 0.717) is 32.2 Å². The van der Waals surface area contributed by atoms with Crippen LogP contribution in [0.1, 0.15) is 23.2 Å². The second kappa shape index (κ2) is 9.32. The standard InChI is InChI=1S/C22H24FN3O5/c1-26-19-12-21(17(22(24)27)10-14(19)13-25-26)31-20-3-2-16(11-18(20)23)30-9-8-29-15-4-6-28-7-5-15/h2-3,10-13,15H,4-9H2,1H3,(H2,24,27). The van der Waals surface area contributed by atoms with Gasteiger partial charge in [-0.15, -0.1) is 0 Å². The van der Waals surface area contributed by atoms with Crippen molar-refractivity contribution in [3.05, 3.63) is 47.9 Å². The average molecular weight is 429 g/mol. The Bertz CT molecular complexity index is 1080. The normalized spacial score (nSPS) is 14.6. The van der Waals surface area contributed by atoms with Crippen molar-refractivity contribution in [1.82, 2.24) is 9.78 Å². The van der Waals surface area contributed by atoms with E-state index in [2.05, 4.69) is 5.10 Å². The number of rotatable bonds is 8. The Kier molecular flexibility index (Phi) is 6.34. The lowest BCUT2D eigenvalue weighted by atomic mass is 10.1. The fourth-order valence-corrected chi connectivity index (χ4v) is 3.45. The molecule has 31 heavy (non-hydrogen) atoms. The summed E-state index contributed by atoms with van der Waals surface area (Å²) in [6.45, 7) is 2.14. The molecule has 4 rings (SSSR count). The Morgan fingerprint density at radius 3 is 2.77 bits per heavy atom. The van der Waals surface area contributed by atoms with Crippen LogP contribution in [0, 0.1) is 5.82 Å². The first-order valence-electron chi connectivity index (χ1n) is 10.1. The highest BCUT2D eigenvalue weighted by atomic mass is 19.1. The lowest BCUT2D eigenvalue weighted by Crippen LogP contribution is -2.25. The number of nitrogens with two attached hydrogens (primary N) is 1. The van der Waals surface area contributed by atoms with Gasteiger partial charge in [0.15, 0.2) is 11.6 Å². The molecule has 1 fully saturated rings. The fraction of sp³-hybridized carbons (Fsp3) is 0.364. The molecular formula is C22H24FN3O5. The highest BCUT2D eigenvalue weighted by Gasteiger charge is 2.17. The molecule has 2 N–H and O–H groups in total. The molecule has 1 amide bonds. The molecule has 0 atom stereocenters. The van der Waals surface area contributed by atoms with Crippen LogP contribution in [-0.4, -0.2) is 48.2 Å². The monoisotopic (exact) mass is 429 g/mol. The summed E-state index contributed by atoms with van der Waals surface area (Å²) in [5.41, 5.74) is 6.34. The quantitative estimate of drug-likeness (QED) is 0.553. The van der Waals surface area contributed by atoms with Crippen LogP contribution in [0.25, 0.3) is 10.9 Å². The van der Waals surface area contributed by atoms with E-state index in [4.69, 9.17) is 24.7 Å². The Balaban J connectivity index is 1.42. The fourth-order valence-electron chi connectivity index (χ4n) is 3.45. The van der Waals surface area contributed by atoms with Crippen molar-refractivity contribution in [2.24, 2.45) is 12.8 Å². The summed E-state index contributed by atoms with van der Waals surface area (Å²) < 4.78 is 38.5. The van der Waals surface area contributed by atoms with E-state index >= 15 is 0 Å². The van der Waals surface area contributed by atoms with Crippen molar-refractivity contribution in [3.63, 3.8) is 0 Å². The SMILES string of the molecule is Cn1ncc2cc(C(N)=O)c(Oc3ccc(OCCOC4CCOCC4)cc3F)cc21. The Morgan fingerprint density at radius 2 is 2.03 bits per heavy atom. The molecule has 2 heterocycles. The van der Waals surface area contributed by atoms with E-state index in [1.54, 1.807) is 36.1 Å². The van der Waals surface area contributed by atoms with E-state index in [0.717, 1.165) is 23.7 Å². The first-order chi connectivity index (χ1) is 15.0. The molecule has 0 spiro atoms. The van der Waals surface area contributed by atoms with E-state index in [1.165, 1.54) is 12.1 Å². The summed E-state index contributed by atoms with van der Waals surface area (Å²) in [5, 5.41) is 4.87. The molecule has 0 saturated carbocycles. The first-order valence-corrected chi connectivity index (χ1v) is 10.1. The molecule has 0 unspecified atom stereocenters. The number of halogens is 1. The smallest absolute Gasteiger partial charge is 0.252 e. The number of aromatic nitrogens is 2. The molecular weight excluding hydrogens is 405 g/mol. The Morgan fingerprint density at radius 1 is 1.23 bits per heavy atom. The number of amides is 1. The largest absolute Gasteiger partial charge is 0.491 e. The number of hydrogen-bond donors (Lipinski definition) is 1. The van der Waals surface area contributed by atoms with Gasteiger partial charge in [-0.05, 0) is 31.0 Å². The van der Waals surface area contributed by atoms with Crippen LogP contribution in [-0.2, 0) is 16.5 Å². The molecule has 1 aromatic heterocycles. The predicted molar refractivity (Wildman–Crippen MR) is 111 cm³/mol. The molecule has 9 heteroatoms. The average Bonchev–Trinajstić information content (AvgIpc) is 3.13. The van der Waals surface area contributed by atoms with Gasteiger partial charge in [0.05, 0.1) is 30.0 Å². The topological polar surface area (TPSA) is 97.8 Å². The van der Waals surface area contributed by atoms with Crippen LogP contribution in [0.3, 0.4) is 0 Å². The van der Waals surface area contributed by atoms with Gasteiger partial charge in [0.2, 0.25) is 0 Å². The molecule has 1 aliphatic heterocycles. The molecule has 3 aromatic rings. The zero-order valence-corrected chi connectivity index (χ0v) is 17.2. The molecule has 2 aromatic carbocycles. The van der Waals surface area contributed by atoms with Crippen molar-refractivity contribution in [3.8, 4) is 17.2 Å². The molecule has 1 saturated heterocycles. The third-order valence-electron chi connectivity index (χ3n) is 5.11. The number of carbonyl (C=O) groups is 1. The molecule has 0 bridgehead atoms. The van der Waals surface area contributed by atoms with Gasteiger partial charge in [-0.1, -0.05) is 0 Å². The van der Waals surface area contributed by atoms with Gasteiger partial charge in [-0.2, -0.15) is 5.10 Å². The van der Waals surface area contributed by atoms with E-state index in [-0.39, 0.29) is 23.2 Å². The van der Waals surface area contributed by atoms with Crippen molar-refractivity contribution >= 4 is 16.8 Å². The summed E-state index contributed by atoms with van der Waals surface area (Å²) in [5.74, 6) is -0.831. The number of ether oxygens (including phenoxy) is 4. The summed E-state index contributed by atoms with van der Waals surface area (Å²) in [6, 6.07) is 7.46. The summed E-state index contributed by atoms with van der Waals surface area (Å²) in [7, 11) is 1.76. The highest BCUT2D eigenvalue weighted by Crippen LogP contribution is 2.32. The Hall–Kier alpha value is -3.17. The molecule has 164 valence electrons. The van der Waals surface area contributed by atoms with Gasteiger partial charge in [-0.25, -0.2) is 4.39 Å². The summed E-state index contributed by atoms with van der Waals surface area (Å²) in [6.07, 6.45) is 3.54. The van der Waals surface area contributed by atoms with Gasteiger partial charge < -0.3 is 24.7 Å². The van der Waals surface area contributed by atoms with Gasteiger partial charge in [0.25, 0.3) is 5.91 Å². The van der Waals surface area contributed by atoms with Crippen molar-refractivity contribution in [1.29, 1.82) is 0 Å². The first kappa shape index (κ1) is 21.1. The summed E-state index contributed by atoms with van der Waals surface area (Å²) >= 11 is 0. The number of benzene rings is 2. The van der Waals surface area contributed by atoms with Gasteiger partial charge >= 0.3 is 0 Å². The van der Waals surface area contributed by atoms with E-state index < -0.39 is 11.7 Å². The van der Waals surface area contributed by atoms with Gasteiger partial charge in [-0.3, -0.25) is 9.48 Å². The van der Waals surface area contributed by atoms with Crippen LogP contribution >= 0.6 is 0 Å². The lowest BCUT2D eigenvalue weighted by Gasteiger charge is -2.22. The number of nitrogens with zero attached hydrogens (tertiary/aromatic N) is 2. The number of aryl methyl sites for hydroxylation is 1. The minimum Gasteiger partial charge on any atom is -0.491 e. The van der Waals surface area contributed by atoms with Crippen LogP contribution < -0.4 is 15.2 Å². The highest BCUT2D eigenvalue weighted by molar-refractivity contribution is 6.00. The zero-order chi connectivity index (χ0) is 21.8. The van der Waals surface area contributed by atoms with Gasteiger partial charge in [0, 0.05) is 37.8 Å². The van der Waals surface area contributed by atoms with Gasteiger partial charge in [0.1, 0.15) is 18.1 Å². The third kappa shape index (κ3) is 4.95. The number of carbonyl (C=O) groups excluding carboxylic acids is 1. The van der Waals surface area contributed by atoms with Crippen LogP contribution in [0.2, 0.25) is 0 Å². The minimum absolute atomic E-state index is 0.0465. The summed E-state index contributed by atoms with van der Waals surface area (Å²) in [4.78, 5) is 11.8. The molecule has 1 aliphatic rings. The van der Waals surface area contributed by atoms with Crippen molar-refractivity contribution < 1.29 is 28.1 Å². The predicted octanol–water partition coefficient (Wildman–Crippen LogP) is 3.18. The van der Waals surface area contributed by atoms with Crippen LogP contribution in [0.4, 0.5) is 4.39 Å². The van der Waals surface area contributed by atoms with E-state index in [9.17, 15) is 9.18 Å². The molecule has 0 radical (unpaired) electrons. The van der Waals surface area contributed by atoms with Crippen molar-refractivity contribution in [2.45, 2.75) is 18.9 Å². The lowest BCUT2D eigenvalue weighted by molar-refractivity contribution is -0.0388. The third-order valence-corrected chi connectivity index (χ3v) is 5.11. The number of fused-ring (bicyclic) bond motifs is 1. The van der Waals surface area contributed by atoms with E-state index in [1.807, 2.05) is 0 Å². The zero-order valence-electron chi connectivity index (χ0n) is 17.2. The van der Waals surface area contributed by atoms with Crippen LogP contribution in [0.5, 0.6) is 17.2 Å². The molecule has 8 nitrogen and oxygen atoms in total. The van der Waals surface area contributed by atoms with Crippen molar-refractivity contribution in [2.75, 3.05) is 26.4 Å². The van der Waals surface area contributed by atoms with Crippen LogP contribution in [0.15, 0.2) is 36.5 Å². The number of hydrogen-bond acceptors (Lipinski definition) is 6. The molecule has 0 aliphatic carbocycles. The minimum atomic E-state index is -0.675. The maximum absolute atomic E-state index is 14.6. The number of primary amides is 1. The maximum Gasteiger partial charge on any atom is 0.252 e. The second-order valence-corrected chi connectivity index (χ2v) is 7.26. The second-order valence-electron chi connectivity index (χ2n) is 7.26.